The molecule has 0 saturated carbocycles. The van der Waals surface area contributed by atoms with Gasteiger partial charge in [-0.2, -0.15) is 0 Å². The summed E-state index contributed by atoms with van der Waals surface area (Å²) in [4.78, 5) is 15.2. The SMILES string of the molecule is CC1C(c2ccccc2)OCCN1C(=O)c1cccs1. The van der Waals surface area contributed by atoms with E-state index in [2.05, 4.69) is 19.1 Å². The summed E-state index contributed by atoms with van der Waals surface area (Å²) < 4.78 is 5.88. The van der Waals surface area contributed by atoms with Gasteiger partial charge in [0.2, 0.25) is 0 Å². The molecule has 1 aromatic carbocycles. The second kappa shape index (κ2) is 5.77. The van der Waals surface area contributed by atoms with Crippen molar-refractivity contribution in [2.24, 2.45) is 0 Å². The molecule has 3 rings (SSSR count). The van der Waals surface area contributed by atoms with Gasteiger partial charge in [-0.05, 0) is 23.9 Å². The molecule has 1 aromatic heterocycles. The molecule has 4 heteroatoms. The number of hydrogen-bond donors (Lipinski definition) is 0. The summed E-state index contributed by atoms with van der Waals surface area (Å²) in [6.45, 7) is 3.30. The van der Waals surface area contributed by atoms with Gasteiger partial charge >= 0.3 is 0 Å². The normalized spacial score (nSPS) is 22.8. The highest BCUT2D eigenvalue weighted by molar-refractivity contribution is 7.12. The molecule has 2 aromatic rings. The molecule has 1 aliphatic heterocycles. The summed E-state index contributed by atoms with van der Waals surface area (Å²) in [5, 5.41) is 1.94. The Labute approximate surface area is 122 Å². The van der Waals surface area contributed by atoms with Crippen molar-refractivity contribution in [3.05, 3.63) is 58.3 Å². The zero-order valence-corrected chi connectivity index (χ0v) is 12.2. The highest BCUT2D eigenvalue weighted by atomic mass is 32.1. The van der Waals surface area contributed by atoms with Crippen molar-refractivity contribution >= 4 is 17.2 Å². The maximum atomic E-state index is 12.5. The van der Waals surface area contributed by atoms with E-state index < -0.39 is 0 Å². The predicted molar refractivity (Wildman–Crippen MR) is 80.0 cm³/mol. The molecular formula is C16H17NO2S. The molecule has 1 amide bonds. The lowest BCUT2D eigenvalue weighted by molar-refractivity contribution is -0.0550. The van der Waals surface area contributed by atoms with Gasteiger partial charge in [0.25, 0.3) is 5.91 Å². The number of benzene rings is 1. The van der Waals surface area contributed by atoms with Crippen LogP contribution in [0.1, 0.15) is 28.3 Å². The van der Waals surface area contributed by atoms with E-state index in [0.717, 1.165) is 10.4 Å². The largest absolute Gasteiger partial charge is 0.370 e. The molecule has 2 heterocycles. The minimum atomic E-state index is -0.0473. The third-order valence-electron chi connectivity index (χ3n) is 3.68. The van der Waals surface area contributed by atoms with Gasteiger partial charge in [-0.3, -0.25) is 4.79 Å². The lowest BCUT2D eigenvalue weighted by atomic mass is 10.0. The number of carbonyl (C=O) groups excluding carboxylic acids is 1. The first-order valence-electron chi connectivity index (χ1n) is 6.78. The Morgan fingerprint density at radius 3 is 2.75 bits per heavy atom. The summed E-state index contributed by atoms with van der Waals surface area (Å²) in [6, 6.07) is 14.0. The first-order valence-corrected chi connectivity index (χ1v) is 7.66. The van der Waals surface area contributed by atoms with Crippen LogP contribution in [0.3, 0.4) is 0 Å². The average Bonchev–Trinajstić information content (AvgIpc) is 3.02. The second-order valence-corrected chi connectivity index (χ2v) is 5.87. The predicted octanol–water partition coefficient (Wildman–Crippen LogP) is 3.35. The van der Waals surface area contributed by atoms with Crippen molar-refractivity contribution < 1.29 is 9.53 Å². The summed E-state index contributed by atoms with van der Waals surface area (Å²) >= 11 is 1.49. The number of nitrogens with zero attached hydrogens (tertiary/aromatic N) is 1. The van der Waals surface area contributed by atoms with Gasteiger partial charge < -0.3 is 9.64 Å². The van der Waals surface area contributed by atoms with Crippen LogP contribution in [0.4, 0.5) is 0 Å². The van der Waals surface area contributed by atoms with Crippen molar-refractivity contribution in [2.75, 3.05) is 13.2 Å². The first kappa shape index (κ1) is 13.3. The molecule has 0 aliphatic carbocycles. The van der Waals surface area contributed by atoms with E-state index in [1.807, 2.05) is 40.6 Å². The van der Waals surface area contributed by atoms with Crippen molar-refractivity contribution in [3.8, 4) is 0 Å². The van der Waals surface area contributed by atoms with Gasteiger partial charge in [0, 0.05) is 6.54 Å². The van der Waals surface area contributed by atoms with Crippen molar-refractivity contribution in [1.82, 2.24) is 4.90 Å². The molecule has 0 N–H and O–H groups in total. The number of amides is 1. The number of ether oxygens (including phenoxy) is 1. The molecule has 3 nitrogen and oxygen atoms in total. The van der Waals surface area contributed by atoms with E-state index in [1.165, 1.54) is 11.3 Å². The van der Waals surface area contributed by atoms with Crippen molar-refractivity contribution in [3.63, 3.8) is 0 Å². The number of hydrogen-bond acceptors (Lipinski definition) is 3. The first-order chi connectivity index (χ1) is 9.77. The summed E-state index contributed by atoms with van der Waals surface area (Å²) in [7, 11) is 0. The van der Waals surface area contributed by atoms with E-state index in [-0.39, 0.29) is 18.1 Å². The van der Waals surface area contributed by atoms with Crippen LogP contribution < -0.4 is 0 Å². The molecule has 2 unspecified atom stereocenters. The fraction of sp³-hybridized carbons (Fsp3) is 0.312. The maximum absolute atomic E-state index is 12.5. The molecule has 20 heavy (non-hydrogen) atoms. The molecule has 0 spiro atoms. The van der Waals surface area contributed by atoms with Gasteiger partial charge in [-0.15, -0.1) is 11.3 Å². The smallest absolute Gasteiger partial charge is 0.264 e. The maximum Gasteiger partial charge on any atom is 0.264 e. The molecule has 1 aliphatic rings. The van der Waals surface area contributed by atoms with Crippen LogP contribution in [0.25, 0.3) is 0 Å². The standard InChI is InChI=1S/C16H17NO2S/c1-12-15(13-6-3-2-4-7-13)19-10-9-17(12)16(18)14-8-5-11-20-14/h2-8,11-12,15H,9-10H2,1H3. The quantitative estimate of drug-likeness (QED) is 0.847. The highest BCUT2D eigenvalue weighted by Gasteiger charge is 2.33. The van der Waals surface area contributed by atoms with E-state index >= 15 is 0 Å². The number of rotatable bonds is 2. The summed E-state index contributed by atoms with van der Waals surface area (Å²) in [6.07, 6.45) is -0.0473. The van der Waals surface area contributed by atoms with Crippen LogP contribution in [-0.2, 0) is 4.74 Å². The zero-order chi connectivity index (χ0) is 13.9. The fourth-order valence-electron chi connectivity index (χ4n) is 2.63. The summed E-state index contributed by atoms with van der Waals surface area (Å²) in [5.41, 5.74) is 1.13. The van der Waals surface area contributed by atoms with Crippen LogP contribution in [0.15, 0.2) is 47.8 Å². The van der Waals surface area contributed by atoms with Gasteiger partial charge in [0.15, 0.2) is 0 Å². The van der Waals surface area contributed by atoms with Crippen molar-refractivity contribution in [1.29, 1.82) is 0 Å². The third-order valence-corrected chi connectivity index (χ3v) is 4.54. The second-order valence-electron chi connectivity index (χ2n) is 4.92. The van der Waals surface area contributed by atoms with Gasteiger partial charge in [0.1, 0.15) is 6.10 Å². The third kappa shape index (κ3) is 2.49. The Morgan fingerprint density at radius 1 is 1.25 bits per heavy atom. The monoisotopic (exact) mass is 287 g/mol. The van der Waals surface area contributed by atoms with E-state index in [4.69, 9.17) is 4.74 Å². The van der Waals surface area contributed by atoms with E-state index in [9.17, 15) is 4.79 Å². The van der Waals surface area contributed by atoms with E-state index in [0.29, 0.717) is 13.2 Å². The Bertz CT molecular complexity index is 567. The lowest BCUT2D eigenvalue weighted by Gasteiger charge is -2.39. The van der Waals surface area contributed by atoms with Crippen LogP contribution in [0.2, 0.25) is 0 Å². The molecule has 1 saturated heterocycles. The minimum Gasteiger partial charge on any atom is -0.370 e. The topological polar surface area (TPSA) is 29.5 Å². The number of morpholine rings is 1. The zero-order valence-electron chi connectivity index (χ0n) is 11.4. The molecular weight excluding hydrogens is 270 g/mol. The van der Waals surface area contributed by atoms with Crippen molar-refractivity contribution in [2.45, 2.75) is 19.1 Å². The lowest BCUT2D eigenvalue weighted by Crippen LogP contribution is -2.48. The van der Waals surface area contributed by atoms with Gasteiger partial charge in [0.05, 0.1) is 17.5 Å². The summed E-state index contributed by atoms with van der Waals surface area (Å²) in [5.74, 6) is 0.108. The van der Waals surface area contributed by atoms with Crippen LogP contribution in [-0.4, -0.2) is 30.0 Å². The van der Waals surface area contributed by atoms with Crippen LogP contribution in [0.5, 0.6) is 0 Å². The Hall–Kier alpha value is -1.65. The number of carbonyl (C=O) groups is 1. The van der Waals surface area contributed by atoms with Gasteiger partial charge in [-0.1, -0.05) is 36.4 Å². The highest BCUT2D eigenvalue weighted by Crippen LogP contribution is 2.29. The Morgan fingerprint density at radius 2 is 2.05 bits per heavy atom. The van der Waals surface area contributed by atoms with Gasteiger partial charge in [-0.25, -0.2) is 0 Å². The average molecular weight is 287 g/mol. The Kier molecular flexibility index (Phi) is 3.85. The molecule has 1 fully saturated rings. The molecule has 104 valence electrons. The van der Waals surface area contributed by atoms with E-state index in [1.54, 1.807) is 0 Å². The van der Waals surface area contributed by atoms with Crippen LogP contribution in [0, 0.1) is 0 Å². The molecule has 2 atom stereocenters. The minimum absolute atomic E-state index is 0.0424. The molecule has 0 bridgehead atoms. The molecule has 0 radical (unpaired) electrons. The number of thiophene rings is 1. The Balaban J connectivity index is 1.82. The fourth-order valence-corrected chi connectivity index (χ4v) is 3.31. The van der Waals surface area contributed by atoms with Crippen LogP contribution >= 0.6 is 11.3 Å².